The summed E-state index contributed by atoms with van der Waals surface area (Å²) >= 11 is 0. The summed E-state index contributed by atoms with van der Waals surface area (Å²) < 4.78 is 33.1. The van der Waals surface area contributed by atoms with E-state index in [1.165, 1.54) is 9.21 Å². The van der Waals surface area contributed by atoms with Gasteiger partial charge in [-0.2, -0.15) is 4.31 Å². The number of nitrogens with zero attached hydrogens (tertiary/aromatic N) is 2. The number of sulfonamides is 1. The number of Topliss-reactive ketones (excluding diaryl/α,β-unsaturated/α-hetero) is 2. The van der Waals surface area contributed by atoms with Gasteiger partial charge in [0.25, 0.3) is 0 Å². The lowest BCUT2D eigenvalue weighted by atomic mass is 9.57. The molecular weight excluding hydrogens is 522 g/mol. The van der Waals surface area contributed by atoms with Crippen molar-refractivity contribution in [3.05, 3.63) is 0 Å². The third kappa shape index (κ3) is 5.62. The molecule has 0 aromatic rings. The molecule has 1 N–H and O–H groups in total. The third-order valence-electron chi connectivity index (χ3n) is 10.0. The van der Waals surface area contributed by atoms with Gasteiger partial charge in [0.2, 0.25) is 15.9 Å². The second kappa shape index (κ2) is 11.8. The molecule has 0 aromatic heterocycles. The predicted molar refractivity (Wildman–Crippen MR) is 143 cm³/mol. The van der Waals surface area contributed by atoms with Crippen LogP contribution in [0.1, 0.15) is 77.6 Å². The zero-order valence-corrected chi connectivity index (χ0v) is 23.8. The van der Waals surface area contributed by atoms with Crippen LogP contribution in [-0.2, 0) is 29.1 Å². The van der Waals surface area contributed by atoms with Gasteiger partial charge in [-0.25, -0.2) is 13.2 Å². The number of nitrogens with one attached hydrogen (secondary N) is 1. The van der Waals surface area contributed by atoms with Crippen LogP contribution in [0.25, 0.3) is 0 Å². The van der Waals surface area contributed by atoms with Crippen molar-refractivity contribution in [1.82, 2.24) is 14.5 Å². The lowest BCUT2D eigenvalue weighted by Gasteiger charge is -2.46. The van der Waals surface area contributed by atoms with Crippen LogP contribution in [0, 0.1) is 29.6 Å². The quantitative estimate of drug-likeness (QED) is 0.542. The fraction of sp³-hybridized carbons (Fsp3) is 0.857. The number of amides is 2. The number of carbonyl (C=O) groups is 4. The van der Waals surface area contributed by atoms with Gasteiger partial charge in [0.15, 0.2) is 0 Å². The molecule has 5 atom stereocenters. The van der Waals surface area contributed by atoms with Crippen LogP contribution in [0.2, 0.25) is 0 Å². The molecule has 5 fully saturated rings. The Balaban J connectivity index is 1.14. The average molecular weight is 566 g/mol. The highest BCUT2D eigenvalue weighted by Gasteiger charge is 2.53. The Labute approximate surface area is 231 Å². The minimum Gasteiger partial charge on any atom is -0.450 e. The van der Waals surface area contributed by atoms with E-state index in [2.05, 4.69) is 5.32 Å². The first-order valence-corrected chi connectivity index (χ1v) is 16.5. The molecule has 1 aliphatic heterocycles. The molecular formula is C28H43N3O7S. The first-order chi connectivity index (χ1) is 18.7. The van der Waals surface area contributed by atoms with Crippen LogP contribution >= 0.6 is 0 Å². The summed E-state index contributed by atoms with van der Waals surface area (Å²) in [6.07, 6.45) is 7.27. The summed E-state index contributed by atoms with van der Waals surface area (Å²) in [6, 6.07) is -0.298. The van der Waals surface area contributed by atoms with Crippen molar-refractivity contribution in [2.75, 3.05) is 32.8 Å². The van der Waals surface area contributed by atoms with E-state index in [4.69, 9.17) is 4.74 Å². The molecule has 11 heteroatoms. The summed E-state index contributed by atoms with van der Waals surface area (Å²) in [5, 5.41) is 2.62. The molecule has 218 valence electrons. The van der Waals surface area contributed by atoms with Crippen LogP contribution in [0.5, 0.6) is 0 Å². The van der Waals surface area contributed by atoms with Gasteiger partial charge < -0.3 is 15.0 Å². The number of hydrogen-bond acceptors (Lipinski definition) is 7. The van der Waals surface area contributed by atoms with Crippen LogP contribution < -0.4 is 5.32 Å². The fourth-order valence-corrected chi connectivity index (χ4v) is 9.85. The highest BCUT2D eigenvalue weighted by atomic mass is 32.2. The molecule has 4 aliphatic carbocycles. The Kier molecular flexibility index (Phi) is 8.66. The van der Waals surface area contributed by atoms with Gasteiger partial charge in [-0.3, -0.25) is 14.4 Å². The minimum atomic E-state index is -3.52. The summed E-state index contributed by atoms with van der Waals surface area (Å²) in [6.45, 7) is 3.14. The number of carbonyl (C=O) groups excluding carboxylic acids is 4. The molecule has 4 saturated carbocycles. The van der Waals surface area contributed by atoms with Gasteiger partial charge in [0, 0.05) is 61.8 Å². The third-order valence-corrected chi connectivity index (χ3v) is 12.4. The maximum atomic E-state index is 13.5. The molecule has 0 radical (unpaired) electrons. The summed E-state index contributed by atoms with van der Waals surface area (Å²) in [4.78, 5) is 53.5. The topological polar surface area (TPSA) is 130 Å². The normalized spacial score (nSPS) is 36.0. The van der Waals surface area contributed by atoms with Gasteiger partial charge in [-0.1, -0.05) is 19.3 Å². The number of hydrogen-bond donors (Lipinski definition) is 1. The minimum absolute atomic E-state index is 0.106. The maximum Gasteiger partial charge on any atom is 0.409 e. The number of ketones is 2. The lowest BCUT2D eigenvalue weighted by molar-refractivity contribution is -0.153. The summed E-state index contributed by atoms with van der Waals surface area (Å²) in [7, 11) is -3.52. The number of ether oxygens (including phenoxy) is 1. The van der Waals surface area contributed by atoms with Gasteiger partial charge >= 0.3 is 6.09 Å². The van der Waals surface area contributed by atoms with E-state index in [1.54, 1.807) is 6.92 Å². The van der Waals surface area contributed by atoms with Gasteiger partial charge in [-0.15, -0.1) is 0 Å². The molecule has 5 unspecified atom stereocenters. The molecule has 0 aromatic carbocycles. The monoisotopic (exact) mass is 565 g/mol. The van der Waals surface area contributed by atoms with E-state index in [1.807, 2.05) is 0 Å². The molecule has 10 nitrogen and oxygen atoms in total. The summed E-state index contributed by atoms with van der Waals surface area (Å²) in [5.41, 5.74) is 0. The Bertz CT molecular complexity index is 1060. The predicted octanol–water partition coefficient (Wildman–Crippen LogP) is 2.51. The molecule has 0 spiro atoms. The maximum absolute atomic E-state index is 13.5. The van der Waals surface area contributed by atoms with Gasteiger partial charge in [0.05, 0.1) is 11.9 Å². The van der Waals surface area contributed by atoms with Crippen molar-refractivity contribution in [2.24, 2.45) is 29.6 Å². The first-order valence-electron chi connectivity index (χ1n) is 15.0. The molecule has 1 heterocycles. The van der Waals surface area contributed by atoms with Crippen molar-refractivity contribution in [3.8, 4) is 0 Å². The van der Waals surface area contributed by atoms with Crippen molar-refractivity contribution in [3.63, 3.8) is 0 Å². The smallest absolute Gasteiger partial charge is 0.409 e. The Hall–Kier alpha value is -2.01. The molecule has 0 bridgehead atoms. The Morgan fingerprint density at radius 1 is 0.821 bits per heavy atom. The van der Waals surface area contributed by atoms with Crippen molar-refractivity contribution < 1.29 is 32.3 Å². The molecule has 5 rings (SSSR count). The second-order valence-corrected chi connectivity index (χ2v) is 14.3. The second-order valence-electron chi connectivity index (χ2n) is 12.1. The highest BCUT2D eigenvalue weighted by Crippen LogP contribution is 2.46. The molecule has 5 aliphatic rings. The number of piperazine rings is 1. The van der Waals surface area contributed by atoms with Gasteiger partial charge in [-0.05, 0) is 58.3 Å². The fourth-order valence-electron chi connectivity index (χ4n) is 7.88. The van der Waals surface area contributed by atoms with Crippen molar-refractivity contribution in [1.29, 1.82) is 0 Å². The standard InChI is InChI=1S/C28H43N3O7S/c1-2-38-28(35)30-14-16-31(17-15-30)39(36,37)19-12-10-18(11-13-19)27(34)29-23-9-5-8-22-24(23)26(33)21-7-4-3-6-20(21)25(22)32/h18-24H,2-17H2,1H3,(H,29,34). The molecule has 39 heavy (non-hydrogen) atoms. The van der Waals surface area contributed by atoms with Crippen LogP contribution in [-0.4, -0.2) is 85.3 Å². The van der Waals surface area contributed by atoms with E-state index in [-0.39, 0.29) is 66.9 Å². The van der Waals surface area contributed by atoms with Crippen LogP contribution in [0.15, 0.2) is 0 Å². The van der Waals surface area contributed by atoms with E-state index in [0.717, 1.165) is 38.5 Å². The van der Waals surface area contributed by atoms with Crippen molar-refractivity contribution in [2.45, 2.75) is 88.8 Å². The van der Waals surface area contributed by atoms with E-state index >= 15 is 0 Å². The Morgan fingerprint density at radius 2 is 1.44 bits per heavy atom. The van der Waals surface area contributed by atoms with E-state index in [9.17, 15) is 27.6 Å². The van der Waals surface area contributed by atoms with Crippen LogP contribution in [0.4, 0.5) is 4.79 Å². The van der Waals surface area contributed by atoms with E-state index < -0.39 is 27.3 Å². The largest absolute Gasteiger partial charge is 0.450 e. The van der Waals surface area contributed by atoms with Crippen LogP contribution in [0.3, 0.4) is 0 Å². The Morgan fingerprint density at radius 3 is 2.08 bits per heavy atom. The molecule has 2 amide bonds. The molecule has 1 saturated heterocycles. The van der Waals surface area contributed by atoms with Crippen molar-refractivity contribution >= 4 is 33.6 Å². The number of fused-ring (bicyclic) bond motifs is 2. The van der Waals surface area contributed by atoms with E-state index in [0.29, 0.717) is 45.2 Å². The zero-order chi connectivity index (χ0) is 27.7. The lowest BCUT2D eigenvalue weighted by Crippen LogP contribution is -2.58. The SMILES string of the molecule is CCOC(=O)N1CCN(S(=O)(=O)C2CCC(C(=O)NC3CCCC4C(=O)C5CCCCC5C(=O)C34)CC2)CC1. The number of rotatable bonds is 5. The highest BCUT2D eigenvalue weighted by molar-refractivity contribution is 7.89. The summed E-state index contributed by atoms with van der Waals surface area (Å²) in [5.74, 6) is -0.915. The average Bonchev–Trinajstić information content (AvgIpc) is 2.96. The van der Waals surface area contributed by atoms with Gasteiger partial charge in [0.1, 0.15) is 11.6 Å². The first kappa shape index (κ1) is 28.5. The zero-order valence-electron chi connectivity index (χ0n) is 23.0.